The van der Waals surface area contributed by atoms with Gasteiger partial charge < -0.3 is 16.0 Å². The average Bonchev–Trinajstić information content (AvgIpc) is 2.59. The minimum atomic E-state index is -0.308. The molecule has 0 aromatic heterocycles. The van der Waals surface area contributed by atoms with E-state index in [-0.39, 0.29) is 17.9 Å². The molecule has 1 heterocycles. The van der Waals surface area contributed by atoms with Crippen LogP contribution in [0.1, 0.15) is 19.3 Å². The molecule has 0 aromatic carbocycles. The Morgan fingerprint density at radius 2 is 2.36 bits per heavy atom. The fourth-order valence-electron chi connectivity index (χ4n) is 1.41. The van der Waals surface area contributed by atoms with Gasteiger partial charge in [0.25, 0.3) is 0 Å². The molecule has 1 rings (SSSR count). The molecule has 0 unspecified atom stereocenters. The van der Waals surface area contributed by atoms with Gasteiger partial charge in [0.15, 0.2) is 0 Å². The molecule has 0 saturated carbocycles. The van der Waals surface area contributed by atoms with E-state index in [1.54, 1.807) is 0 Å². The Balaban J connectivity index is 2.12. The molecule has 3 N–H and O–H groups in total. The first kappa shape index (κ1) is 11.0. The van der Waals surface area contributed by atoms with Crippen molar-refractivity contribution in [3.05, 3.63) is 0 Å². The summed E-state index contributed by atoms with van der Waals surface area (Å²) in [6.07, 6.45) is 1.99. The van der Waals surface area contributed by atoms with E-state index in [4.69, 9.17) is 0 Å². The Morgan fingerprint density at radius 1 is 1.57 bits per heavy atom. The molecule has 1 aliphatic rings. The second kappa shape index (κ2) is 5.59. The van der Waals surface area contributed by atoms with E-state index in [0.717, 1.165) is 13.0 Å². The molecule has 0 spiro atoms. The third-order valence-electron chi connectivity index (χ3n) is 2.21. The van der Waals surface area contributed by atoms with Gasteiger partial charge in [-0.05, 0) is 26.4 Å². The molecule has 1 atom stereocenters. The minimum absolute atomic E-state index is 0.0274. The van der Waals surface area contributed by atoms with Crippen molar-refractivity contribution in [2.24, 2.45) is 0 Å². The predicted molar refractivity (Wildman–Crippen MR) is 52.7 cm³/mol. The van der Waals surface area contributed by atoms with E-state index < -0.39 is 0 Å². The van der Waals surface area contributed by atoms with E-state index >= 15 is 0 Å². The number of hydrogen-bond donors (Lipinski definition) is 3. The smallest absolute Gasteiger partial charge is 0.242 e. The van der Waals surface area contributed by atoms with Crippen molar-refractivity contribution in [3.8, 4) is 0 Å². The number of carbonyl (C=O) groups is 2. The second-order valence-corrected chi connectivity index (χ2v) is 3.41. The standard InChI is InChI=1S/C9H17N3O2/c1-10-5-2-6-11-9(14)7-3-4-8(13)12-7/h7,10H,2-6H2,1H3,(H,11,14)(H,12,13)/t7-/m0/s1. The molecule has 0 aliphatic carbocycles. The highest BCUT2D eigenvalue weighted by molar-refractivity contribution is 5.90. The molecule has 80 valence electrons. The van der Waals surface area contributed by atoms with E-state index in [0.29, 0.717) is 19.4 Å². The largest absolute Gasteiger partial charge is 0.354 e. The number of carbonyl (C=O) groups excluding carboxylic acids is 2. The highest BCUT2D eigenvalue weighted by atomic mass is 16.2. The fraction of sp³-hybridized carbons (Fsp3) is 0.778. The lowest BCUT2D eigenvalue weighted by Gasteiger charge is -2.10. The van der Waals surface area contributed by atoms with Gasteiger partial charge >= 0.3 is 0 Å². The van der Waals surface area contributed by atoms with Crippen molar-refractivity contribution >= 4 is 11.8 Å². The summed E-state index contributed by atoms with van der Waals surface area (Å²) in [6, 6.07) is -0.308. The highest BCUT2D eigenvalue weighted by Crippen LogP contribution is 2.05. The summed E-state index contributed by atoms with van der Waals surface area (Å²) in [4.78, 5) is 22.2. The van der Waals surface area contributed by atoms with Crippen LogP contribution in [0.4, 0.5) is 0 Å². The van der Waals surface area contributed by atoms with Gasteiger partial charge in [0, 0.05) is 13.0 Å². The number of nitrogens with one attached hydrogen (secondary N) is 3. The molecule has 1 aliphatic heterocycles. The second-order valence-electron chi connectivity index (χ2n) is 3.41. The first-order chi connectivity index (χ1) is 6.74. The van der Waals surface area contributed by atoms with Crippen molar-refractivity contribution in [1.82, 2.24) is 16.0 Å². The molecule has 5 heteroatoms. The van der Waals surface area contributed by atoms with Gasteiger partial charge in [0.05, 0.1) is 0 Å². The maximum atomic E-state index is 11.4. The summed E-state index contributed by atoms with van der Waals surface area (Å²) in [7, 11) is 1.87. The van der Waals surface area contributed by atoms with Crippen LogP contribution in [-0.2, 0) is 9.59 Å². The molecule has 5 nitrogen and oxygen atoms in total. The van der Waals surface area contributed by atoms with Crippen LogP contribution in [0, 0.1) is 0 Å². The Bertz CT molecular complexity index is 218. The van der Waals surface area contributed by atoms with Gasteiger partial charge in [-0.15, -0.1) is 0 Å². The number of rotatable bonds is 5. The lowest BCUT2D eigenvalue weighted by Crippen LogP contribution is -2.42. The summed E-state index contributed by atoms with van der Waals surface area (Å²) in [6.45, 7) is 1.54. The van der Waals surface area contributed by atoms with Crippen LogP contribution in [-0.4, -0.2) is 38.0 Å². The summed E-state index contributed by atoms with van der Waals surface area (Å²) in [5.41, 5.74) is 0. The van der Waals surface area contributed by atoms with Crippen molar-refractivity contribution in [1.29, 1.82) is 0 Å². The summed E-state index contributed by atoms with van der Waals surface area (Å²) in [5.74, 6) is -0.0904. The molecule has 1 fully saturated rings. The average molecular weight is 199 g/mol. The van der Waals surface area contributed by atoms with E-state index in [9.17, 15) is 9.59 Å². The molecule has 14 heavy (non-hydrogen) atoms. The Hall–Kier alpha value is -1.10. The summed E-state index contributed by atoms with van der Waals surface area (Å²) >= 11 is 0. The zero-order valence-corrected chi connectivity index (χ0v) is 8.43. The zero-order valence-electron chi connectivity index (χ0n) is 8.43. The maximum Gasteiger partial charge on any atom is 0.242 e. The van der Waals surface area contributed by atoms with Crippen molar-refractivity contribution in [2.45, 2.75) is 25.3 Å². The SMILES string of the molecule is CNCCCNC(=O)[C@@H]1CCC(=O)N1. The first-order valence-electron chi connectivity index (χ1n) is 4.95. The van der Waals surface area contributed by atoms with Crippen LogP contribution in [0.25, 0.3) is 0 Å². The minimum Gasteiger partial charge on any atom is -0.354 e. The molecule has 0 aromatic rings. The van der Waals surface area contributed by atoms with Gasteiger partial charge in [-0.2, -0.15) is 0 Å². The third-order valence-corrected chi connectivity index (χ3v) is 2.21. The van der Waals surface area contributed by atoms with Crippen LogP contribution in [0.3, 0.4) is 0 Å². The maximum absolute atomic E-state index is 11.4. The third kappa shape index (κ3) is 3.33. The molecule has 2 amide bonds. The van der Waals surface area contributed by atoms with E-state index in [2.05, 4.69) is 16.0 Å². The van der Waals surface area contributed by atoms with Gasteiger partial charge in [0.2, 0.25) is 11.8 Å². The normalized spacial score (nSPS) is 20.6. The van der Waals surface area contributed by atoms with Crippen LogP contribution in [0.2, 0.25) is 0 Å². The quantitative estimate of drug-likeness (QED) is 0.497. The topological polar surface area (TPSA) is 70.2 Å². The first-order valence-corrected chi connectivity index (χ1v) is 4.95. The molecular weight excluding hydrogens is 182 g/mol. The van der Waals surface area contributed by atoms with E-state index in [1.807, 2.05) is 7.05 Å². The Kier molecular flexibility index (Phi) is 4.39. The lowest BCUT2D eigenvalue weighted by atomic mass is 10.2. The van der Waals surface area contributed by atoms with Crippen molar-refractivity contribution < 1.29 is 9.59 Å². The summed E-state index contributed by atoms with van der Waals surface area (Å²) < 4.78 is 0. The Labute approximate surface area is 83.6 Å². The van der Waals surface area contributed by atoms with Gasteiger partial charge in [-0.25, -0.2) is 0 Å². The fourth-order valence-corrected chi connectivity index (χ4v) is 1.41. The van der Waals surface area contributed by atoms with Crippen LogP contribution < -0.4 is 16.0 Å². The van der Waals surface area contributed by atoms with Crippen LogP contribution >= 0.6 is 0 Å². The summed E-state index contributed by atoms with van der Waals surface area (Å²) in [5, 5.41) is 8.41. The Morgan fingerprint density at radius 3 is 2.93 bits per heavy atom. The highest BCUT2D eigenvalue weighted by Gasteiger charge is 2.26. The van der Waals surface area contributed by atoms with Gasteiger partial charge in [0.1, 0.15) is 6.04 Å². The van der Waals surface area contributed by atoms with Crippen molar-refractivity contribution in [3.63, 3.8) is 0 Å². The van der Waals surface area contributed by atoms with Gasteiger partial charge in [-0.3, -0.25) is 9.59 Å². The van der Waals surface area contributed by atoms with Gasteiger partial charge in [-0.1, -0.05) is 0 Å². The number of hydrogen-bond acceptors (Lipinski definition) is 3. The predicted octanol–water partition coefficient (Wildman–Crippen LogP) is -1.01. The molecule has 0 radical (unpaired) electrons. The molecule has 1 saturated heterocycles. The number of amides is 2. The monoisotopic (exact) mass is 199 g/mol. The van der Waals surface area contributed by atoms with Crippen molar-refractivity contribution in [2.75, 3.05) is 20.1 Å². The van der Waals surface area contributed by atoms with Crippen LogP contribution in [0.15, 0.2) is 0 Å². The van der Waals surface area contributed by atoms with E-state index in [1.165, 1.54) is 0 Å². The molecule has 0 bridgehead atoms. The van der Waals surface area contributed by atoms with Crippen LogP contribution in [0.5, 0.6) is 0 Å². The lowest BCUT2D eigenvalue weighted by molar-refractivity contribution is -0.125. The zero-order chi connectivity index (χ0) is 10.4. The molecular formula is C9H17N3O2.